The average Bonchev–Trinajstić information content (AvgIpc) is 2.50. The van der Waals surface area contributed by atoms with Crippen molar-refractivity contribution in [2.45, 2.75) is 6.92 Å². The van der Waals surface area contributed by atoms with Gasteiger partial charge in [-0.05, 0) is 25.1 Å². The van der Waals surface area contributed by atoms with Crippen LogP contribution in [0.3, 0.4) is 0 Å². The molecule has 6 heteroatoms. The van der Waals surface area contributed by atoms with Crippen molar-refractivity contribution in [2.75, 3.05) is 51.7 Å². The second kappa shape index (κ2) is 7.85. The molecule has 1 aliphatic rings. The molecule has 0 saturated carbocycles. The van der Waals surface area contributed by atoms with Crippen LogP contribution in [0.25, 0.3) is 0 Å². The number of hydrogen-bond donors (Lipinski definition) is 2. The van der Waals surface area contributed by atoms with Gasteiger partial charge in [0, 0.05) is 31.7 Å². The Bertz CT molecular complexity index is 473. The molecule has 1 aromatic rings. The van der Waals surface area contributed by atoms with Crippen LogP contribution in [0.1, 0.15) is 17.3 Å². The van der Waals surface area contributed by atoms with Crippen LogP contribution in [-0.4, -0.2) is 56.8 Å². The molecular weight excluding hydrogens is 270 g/mol. The maximum Gasteiger partial charge on any atom is 0.251 e. The van der Waals surface area contributed by atoms with E-state index in [-0.39, 0.29) is 5.91 Å². The van der Waals surface area contributed by atoms with Crippen molar-refractivity contribution >= 4 is 11.6 Å². The summed E-state index contributed by atoms with van der Waals surface area (Å²) in [6, 6.07) is 5.10. The van der Waals surface area contributed by atoms with Crippen LogP contribution >= 0.6 is 0 Å². The number of nitrogens with one attached hydrogen (secondary N) is 1. The van der Waals surface area contributed by atoms with E-state index in [9.17, 15) is 4.79 Å². The van der Waals surface area contributed by atoms with Gasteiger partial charge in [0.1, 0.15) is 12.4 Å². The molecule has 1 fully saturated rings. The van der Waals surface area contributed by atoms with Crippen LogP contribution in [0.5, 0.6) is 5.75 Å². The summed E-state index contributed by atoms with van der Waals surface area (Å²) in [5.74, 6) is 0.447. The van der Waals surface area contributed by atoms with Crippen LogP contribution in [0.15, 0.2) is 18.2 Å². The normalized spacial score (nSPS) is 15.7. The monoisotopic (exact) mass is 293 g/mol. The number of hydrogen-bond acceptors (Lipinski definition) is 5. The highest BCUT2D eigenvalue weighted by Gasteiger charge is 2.11. The molecule has 0 atom stereocenters. The molecule has 0 unspecified atom stereocenters. The molecule has 1 heterocycles. The van der Waals surface area contributed by atoms with Gasteiger partial charge in [-0.1, -0.05) is 0 Å². The Morgan fingerprint density at radius 3 is 2.90 bits per heavy atom. The summed E-state index contributed by atoms with van der Waals surface area (Å²) < 4.78 is 11.0. The maximum atomic E-state index is 11.8. The second-order valence-electron chi connectivity index (χ2n) is 4.91. The third-order valence-electron chi connectivity index (χ3n) is 3.38. The lowest BCUT2D eigenvalue weighted by atomic mass is 10.2. The van der Waals surface area contributed by atoms with E-state index < -0.39 is 0 Å². The van der Waals surface area contributed by atoms with Crippen LogP contribution in [0, 0.1) is 0 Å². The lowest BCUT2D eigenvalue weighted by Gasteiger charge is -2.26. The molecular formula is C15H23N3O3. The minimum absolute atomic E-state index is 0.115. The van der Waals surface area contributed by atoms with Crippen molar-refractivity contribution in [3.05, 3.63) is 23.8 Å². The first-order valence-corrected chi connectivity index (χ1v) is 7.31. The maximum absolute atomic E-state index is 11.8. The molecule has 1 saturated heterocycles. The van der Waals surface area contributed by atoms with E-state index in [1.165, 1.54) is 0 Å². The number of nitrogens with two attached hydrogens (primary N) is 1. The Balaban J connectivity index is 1.89. The van der Waals surface area contributed by atoms with Crippen LogP contribution in [0.4, 0.5) is 5.69 Å². The Labute approximate surface area is 125 Å². The van der Waals surface area contributed by atoms with Crippen molar-refractivity contribution in [3.63, 3.8) is 0 Å². The van der Waals surface area contributed by atoms with Gasteiger partial charge in [0.25, 0.3) is 5.91 Å². The highest BCUT2D eigenvalue weighted by Crippen LogP contribution is 2.22. The first-order chi connectivity index (χ1) is 10.2. The van der Waals surface area contributed by atoms with Gasteiger partial charge >= 0.3 is 0 Å². The molecule has 2 rings (SSSR count). The van der Waals surface area contributed by atoms with Gasteiger partial charge < -0.3 is 20.5 Å². The van der Waals surface area contributed by atoms with E-state index in [1.807, 2.05) is 6.92 Å². The van der Waals surface area contributed by atoms with Gasteiger partial charge in [0.2, 0.25) is 0 Å². The highest BCUT2D eigenvalue weighted by atomic mass is 16.5. The number of carbonyl (C=O) groups is 1. The smallest absolute Gasteiger partial charge is 0.251 e. The molecule has 1 aliphatic heterocycles. The molecule has 0 spiro atoms. The molecule has 1 aromatic carbocycles. The molecule has 21 heavy (non-hydrogen) atoms. The predicted molar refractivity (Wildman–Crippen MR) is 81.6 cm³/mol. The first kappa shape index (κ1) is 15.6. The third kappa shape index (κ3) is 4.61. The quantitative estimate of drug-likeness (QED) is 0.756. The minimum atomic E-state index is -0.115. The van der Waals surface area contributed by atoms with Crippen molar-refractivity contribution < 1.29 is 14.3 Å². The Hall–Kier alpha value is -1.79. The number of nitrogen functional groups attached to an aromatic ring is 1. The molecule has 0 aliphatic carbocycles. The summed E-state index contributed by atoms with van der Waals surface area (Å²) >= 11 is 0. The number of ether oxygens (including phenoxy) is 2. The number of amides is 1. The Kier molecular flexibility index (Phi) is 5.83. The van der Waals surface area contributed by atoms with Gasteiger partial charge in [-0.15, -0.1) is 0 Å². The van der Waals surface area contributed by atoms with Gasteiger partial charge in [-0.25, -0.2) is 0 Å². The van der Waals surface area contributed by atoms with E-state index in [2.05, 4.69) is 10.2 Å². The van der Waals surface area contributed by atoms with Crippen molar-refractivity contribution in [1.82, 2.24) is 10.2 Å². The third-order valence-corrected chi connectivity index (χ3v) is 3.38. The number of nitrogens with zero attached hydrogens (tertiary/aromatic N) is 1. The predicted octanol–water partition coefficient (Wildman–Crippen LogP) is 0.730. The topological polar surface area (TPSA) is 76.8 Å². The molecule has 0 aromatic heterocycles. The highest BCUT2D eigenvalue weighted by molar-refractivity contribution is 5.95. The fourth-order valence-electron chi connectivity index (χ4n) is 2.17. The second-order valence-corrected chi connectivity index (χ2v) is 4.91. The van der Waals surface area contributed by atoms with Crippen LogP contribution in [-0.2, 0) is 4.74 Å². The first-order valence-electron chi connectivity index (χ1n) is 7.31. The van der Waals surface area contributed by atoms with Crippen molar-refractivity contribution in [1.29, 1.82) is 0 Å². The Morgan fingerprint density at radius 1 is 1.43 bits per heavy atom. The number of benzene rings is 1. The summed E-state index contributed by atoms with van der Waals surface area (Å²) in [7, 11) is 0. The zero-order valence-corrected chi connectivity index (χ0v) is 12.4. The lowest BCUT2D eigenvalue weighted by Crippen LogP contribution is -2.38. The van der Waals surface area contributed by atoms with E-state index in [0.29, 0.717) is 30.2 Å². The fourth-order valence-corrected chi connectivity index (χ4v) is 2.17. The van der Waals surface area contributed by atoms with E-state index >= 15 is 0 Å². The van der Waals surface area contributed by atoms with Crippen LogP contribution in [0.2, 0.25) is 0 Å². The summed E-state index contributed by atoms with van der Waals surface area (Å²) in [5.41, 5.74) is 7.00. The minimum Gasteiger partial charge on any atom is -0.490 e. The number of carbonyl (C=O) groups excluding carboxylic acids is 1. The van der Waals surface area contributed by atoms with Crippen LogP contribution < -0.4 is 15.8 Å². The standard InChI is InChI=1S/C15H23N3O3/c1-2-17-15(19)12-3-4-13(16)14(11-12)21-10-7-18-5-8-20-9-6-18/h3-4,11H,2,5-10,16H2,1H3,(H,17,19). The summed E-state index contributed by atoms with van der Waals surface area (Å²) in [4.78, 5) is 14.1. The number of anilines is 1. The molecule has 3 N–H and O–H groups in total. The fraction of sp³-hybridized carbons (Fsp3) is 0.533. The zero-order chi connectivity index (χ0) is 15.1. The molecule has 6 nitrogen and oxygen atoms in total. The average molecular weight is 293 g/mol. The summed E-state index contributed by atoms with van der Waals surface area (Å²) in [5, 5.41) is 2.76. The van der Waals surface area contributed by atoms with Gasteiger partial charge in [0.15, 0.2) is 0 Å². The van der Waals surface area contributed by atoms with Crippen molar-refractivity contribution in [3.8, 4) is 5.75 Å². The van der Waals surface area contributed by atoms with E-state index in [0.717, 1.165) is 32.8 Å². The van der Waals surface area contributed by atoms with E-state index in [4.69, 9.17) is 15.2 Å². The molecule has 1 amide bonds. The lowest BCUT2D eigenvalue weighted by molar-refractivity contribution is 0.0323. The van der Waals surface area contributed by atoms with E-state index in [1.54, 1.807) is 18.2 Å². The van der Waals surface area contributed by atoms with Gasteiger partial charge in [-0.2, -0.15) is 0 Å². The summed E-state index contributed by atoms with van der Waals surface area (Å²) in [6.45, 7) is 7.25. The number of morpholine rings is 1. The zero-order valence-electron chi connectivity index (χ0n) is 12.4. The molecule has 0 bridgehead atoms. The molecule has 116 valence electrons. The van der Waals surface area contributed by atoms with Crippen molar-refractivity contribution in [2.24, 2.45) is 0 Å². The number of rotatable bonds is 6. The summed E-state index contributed by atoms with van der Waals surface area (Å²) in [6.07, 6.45) is 0. The van der Waals surface area contributed by atoms with Gasteiger partial charge in [-0.3, -0.25) is 9.69 Å². The van der Waals surface area contributed by atoms with Gasteiger partial charge in [0.05, 0.1) is 18.9 Å². The Morgan fingerprint density at radius 2 is 2.19 bits per heavy atom. The molecule has 0 radical (unpaired) electrons. The SMILES string of the molecule is CCNC(=O)c1ccc(N)c(OCCN2CCOCC2)c1. The largest absolute Gasteiger partial charge is 0.490 e.